The zero-order chi connectivity index (χ0) is 15.4. The largest absolute Gasteiger partial charge is 0.507 e. The minimum Gasteiger partial charge on any atom is -0.507 e. The van der Waals surface area contributed by atoms with Crippen molar-refractivity contribution < 1.29 is 14.6 Å². The van der Waals surface area contributed by atoms with Crippen LogP contribution in [0.5, 0.6) is 11.5 Å². The number of nitriles is 1. The second kappa shape index (κ2) is 6.16. The molecule has 0 atom stereocenters. The Bertz CT molecular complexity index is 738. The Balaban J connectivity index is 2.32. The van der Waals surface area contributed by atoms with Crippen LogP contribution in [0.15, 0.2) is 36.4 Å². The average Bonchev–Trinajstić information content (AvgIpc) is 2.49. The van der Waals surface area contributed by atoms with Crippen LogP contribution in [0.1, 0.15) is 15.9 Å². The highest BCUT2D eigenvalue weighted by molar-refractivity contribution is 6.31. The van der Waals surface area contributed by atoms with Crippen LogP contribution in [0.2, 0.25) is 5.02 Å². The molecule has 0 radical (unpaired) electrons. The van der Waals surface area contributed by atoms with Crippen LogP contribution in [0, 0.1) is 11.3 Å². The van der Waals surface area contributed by atoms with E-state index in [4.69, 9.17) is 21.6 Å². The molecule has 0 aliphatic rings. The topological polar surface area (TPSA) is 82.3 Å². The molecule has 2 aromatic carbocycles. The van der Waals surface area contributed by atoms with Gasteiger partial charge in [0, 0.05) is 11.1 Å². The maximum Gasteiger partial charge on any atom is 0.259 e. The summed E-state index contributed by atoms with van der Waals surface area (Å²) in [5.41, 5.74) is 0.852. The first-order valence-corrected chi connectivity index (χ1v) is 6.31. The zero-order valence-corrected chi connectivity index (χ0v) is 11.8. The number of methoxy groups -OCH3 is 1. The third-order valence-corrected chi connectivity index (χ3v) is 3.02. The Labute approximate surface area is 126 Å². The van der Waals surface area contributed by atoms with E-state index in [1.807, 2.05) is 6.07 Å². The van der Waals surface area contributed by atoms with Gasteiger partial charge in [-0.3, -0.25) is 4.79 Å². The molecular weight excluding hydrogens is 292 g/mol. The van der Waals surface area contributed by atoms with E-state index >= 15 is 0 Å². The summed E-state index contributed by atoms with van der Waals surface area (Å²) in [7, 11) is 1.43. The van der Waals surface area contributed by atoms with E-state index in [0.717, 1.165) is 0 Å². The van der Waals surface area contributed by atoms with Crippen molar-refractivity contribution in [3.8, 4) is 17.6 Å². The number of aromatic hydroxyl groups is 1. The number of anilines is 1. The van der Waals surface area contributed by atoms with Crippen molar-refractivity contribution in [1.82, 2.24) is 0 Å². The molecule has 0 saturated heterocycles. The molecule has 0 heterocycles. The van der Waals surface area contributed by atoms with E-state index in [-0.39, 0.29) is 11.3 Å². The SMILES string of the molecule is COc1cc(C#N)ccc1NC(=O)c1cc(Cl)ccc1O. The Morgan fingerprint density at radius 1 is 1.33 bits per heavy atom. The highest BCUT2D eigenvalue weighted by atomic mass is 35.5. The quantitative estimate of drug-likeness (QED) is 0.912. The number of phenols is 1. The average molecular weight is 303 g/mol. The van der Waals surface area contributed by atoms with Crippen molar-refractivity contribution in [1.29, 1.82) is 5.26 Å². The number of nitrogens with one attached hydrogen (secondary N) is 1. The Hall–Kier alpha value is -2.71. The maximum atomic E-state index is 12.2. The second-order valence-corrected chi connectivity index (χ2v) is 4.58. The number of halogens is 1. The second-order valence-electron chi connectivity index (χ2n) is 4.14. The summed E-state index contributed by atoms with van der Waals surface area (Å²) in [4.78, 5) is 12.2. The highest BCUT2D eigenvalue weighted by Gasteiger charge is 2.14. The standard InChI is InChI=1S/C15H11ClN2O3/c1-21-14-6-9(8-17)2-4-12(14)18-15(20)11-7-10(16)3-5-13(11)19/h2-7,19H,1H3,(H,18,20). The monoisotopic (exact) mass is 302 g/mol. The number of hydrogen-bond donors (Lipinski definition) is 2. The van der Waals surface area contributed by atoms with E-state index in [2.05, 4.69) is 5.32 Å². The lowest BCUT2D eigenvalue weighted by Crippen LogP contribution is -2.13. The molecule has 1 amide bonds. The first kappa shape index (κ1) is 14.7. The normalized spacial score (nSPS) is 9.76. The molecule has 6 heteroatoms. The van der Waals surface area contributed by atoms with Gasteiger partial charge in [-0.25, -0.2) is 0 Å². The first-order chi connectivity index (χ1) is 10.0. The van der Waals surface area contributed by atoms with Crippen LogP contribution in [-0.2, 0) is 0 Å². The minimum absolute atomic E-state index is 0.0499. The van der Waals surface area contributed by atoms with Gasteiger partial charge in [-0.2, -0.15) is 5.26 Å². The predicted octanol–water partition coefficient (Wildman–Crippen LogP) is 3.18. The molecule has 0 fully saturated rings. The number of benzene rings is 2. The number of amides is 1. The van der Waals surface area contributed by atoms with E-state index in [0.29, 0.717) is 22.0 Å². The molecule has 0 aromatic heterocycles. The third-order valence-electron chi connectivity index (χ3n) is 2.78. The van der Waals surface area contributed by atoms with Crippen molar-refractivity contribution in [2.75, 3.05) is 12.4 Å². The number of carbonyl (C=O) groups is 1. The van der Waals surface area contributed by atoms with Crippen molar-refractivity contribution in [2.45, 2.75) is 0 Å². The van der Waals surface area contributed by atoms with Gasteiger partial charge >= 0.3 is 0 Å². The summed E-state index contributed by atoms with van der Waals surface area (Å²) < 4.78 is 5.12. The summed E-state index contributed by atoms with van der Waals surface area (Å²) in [6.45, 7) is 0. The lowest BCUT2D eigenvalue weighted by molar-refractivity contribution is 0.102. The molecule has 0 saturated carbocycles. The predicted molar refractivity (Wildman–Crippen MR) is 78.8 cm³/mol. The Kier molecular flexibility index (Phi) is 4.31. The van der Waals surface area contributed by atoms with E-state index in [9.17, 15) is 9.90 Å². The summed E-state index contributed by atoms with van der Waals surface area (Å²) in [5, 5.41) is 21.5. The van der Waals surface area contributed by atoms with E-state index in [1.54, 1.807) is 12.1 Å². The van der Waals surface area contributed by atoms with Crippen molar-refractivity contribution in [3.05, 3.63) is 52.5 Å². The van der Waals surface area contributed by atoms with Crippen LogP contribution in [-0.4, -0.2) is 18.1 Å². The molecule has 21 heavy (non-hydrogen) atoms. The fourth-order valence-corrected chi connectivity index (χ4v) is 1.92. The molecule has 2 aromatic rings. The first-order valence-electron chi connectivity index (χ1n) is 5.93. The fraction of sp³-hybridized carbons (Fsp3) is 0.0667. The minimum atomic E-state index is -0.530. The Morgan fingerprint density at radius 3 is 2.76 bits per heavy atom. The molecule has 0 aliphatic heterocycles. The number of hydrogen-bond acceptors (Lipinski definition) is 4. The summed E-state index contributed by atoms with van der Waals surface area (Å²) >= 11 is 5.81. The lowest BCUT2D eigenvalue weighted by Gasteiger charge is -2.11. The van der Waals surface area contributed by atoms with Gasteiger partial charge in [0.05, 0.1) is 30.0 Å². The van der Waals surface area contributed by atoms with Gasteiger partial charge in [0.1, 0.15) is 11.5 Å². The van der Waals surface area contributed by atoms with Crippen LogP contribution in [0.4, 0.5) is 5.69 Å². The zero-order valence-electron chi connectivity index (χ0n) is 11.1. The van der Waals surface area contributed by atoms with Crippen molar-refractivity contribution in [3.63, 3.8) is 0 Å². The van der Waals surface area contributed by atoms with Crippen LogP contribution in [0.3, 0.4) is 0 Å². The molecule has 2 N–H and O–H groups in total. The van der Waals surface area contributed by atoms with Gasteiger partial charge < -0.3 is 15.2 Å². The molecule has 0 unspecified atom stereocenters. The molecule has 106 valence electrons. The lowest BCUT2D eigenvalue weighted by atomic mass is 10.1. The maximum absolute atomic E-state index is 12.2. The van der Waals surface area contributed by atoms with Crippen molar-refractivity contribution >= 4 is 23.2 Å². The molecular formula is C15H11ClN2O3. The van der Waals surface area contributed by atoms with Crippen LogP contribution < -0.4 is 10.1 Å². The highest BCUT2D eigenvalue weighted by Crippen LogP contribution is 2.28. The molecule has 0 aliphatic carbocycles. The summed E-state index contributed by atoms with van der Waals surface area (Å²) in [5.74, 6) is -0.355. The van der Waals surface area contributed by atoms with Gasteiger partial charge in [0.15, 0.2) is 0 Å². The van der Waals surface area contributed by atoms with Gasteiger partial charge in [-0.1, -0.05) is 11.6 Å². The molecule has 0 bridgehead atoms. The van der Waals surface area contributed by atoms with Crippen molar-refractivity contribution in [2.24, 2.45) is 0 Å². The van der Waals surface area contributed by atoms with Crippen LogP contribution >= 0.6 is 11.6 Å². The number of phenolic OH excluding ortho intramolecular Hbond substituents is 1. The fourth-order valence-electron chi connectivity index (χ4n) is 1.74. The van der Waals surface area contributed by atoms with Gasteiger partial charge in [0.25, 0.3) is 5.91 Å². The molecule has 5 nitrogen and oxygen atoms in total. The van der Waals surface area contributed by atoms with E-state index < -0.39 is 5.91 Å². The van der Waals surface area contributed by atoms with Gasteiger partial charge in [0.2, 0.25) is 0 Å². The molecule has 2 rings (SSSR count). The summed E-state index contributed by atoms with van der Waals surface area (Å²) in [6, 6.07) is 10.8. The Morgan fingerprint density at radius 2 is 2.10 bits per heavy atom. The number of carbonyl (C=O) groups excluding carboxylic acids is 1. The van der Waals surface area contributed by atoms with Gasteiger partial charge in [-0.05, 0) is 30.3 Å². The summed E-state index contributed by atoms with van der Waals surface area (Å²) in [6.07, 6.45) is 0. The smallest absolute Gasteiger partial charge is 0.259 e. The van der Waals surface area contributed by atoms with Crippen LogP contribution in [0.25, 0.3) is 0 Å². The number of rotatable bonds is 3. The van der Waals surface area contributed by atoms with E-state index in [1.165, 1.54) is 31.4 Å². The third kappa shape index (κ3) is 3.25. The molecule has 0 spiro atoms. The number of nitrogens with zero attached hydrogens (tertiary/aromatic N) is 1. The number of ether oxygens (including phenoxy) is 1. The van der Waals surface area contributed by atoms with Gasteiger partial charge in [-0.15, -0.1) is 0 Å².